The van der Waals surface area contributed by atoms with E-state index in [1.165, 1.54) is 12.1 Å². The summed E-state index contributed by atoms with van der Waals surface area (Å²) in [4.78, 5) is 12.1. The Morgan fingerprint density at radius 1 is 1.14 bits per heavy atom. The molecule has 0 radical (unpaired) electrons. The van der Waals surface area contributed by atoms with Gasteiger partial charge in [0.05, 0.1) is 4.47 Å². The first-order valence-electron chi connectivity index (χ1n) is 6.20. The Bertz CT molecular complexity index is 740. The van der Waals surface area contributed by atoms with Gasteiger partial charge in [0.25, 0.3) is 0 Å². The van der Waals surface area contributed by atoms with Gasteiger partial charge in [-0.05, 0) is 57.9 Å². The predicted molar refractivity (Wildman–Crippen MR) is 80.0 cm³/mol. The van der Waals surface area contributed by atoms with Gasteiger partial charge in [-0.25, -0.2) is 4.39 Å². The Labute approximate surface area is 129 Å². The molecule has 106 valence electrons. The van der Waals surface area contributed by atoms with Gasteiger partial charge in [0, 0.05) is 5.56 Å². The maximum absolute atomic E-state index is 13.1. The third-order valence-electron chi connectivity index (χ3n) is 3.03. The number of rotatable bonds is 3. The van der Waals surface area contributed by atoms with Crippen LogP contribution in [-0.4, -0.2) is 12.6 Å². The first kappa shape index (κ1) is 13.8. The van der Waals surface area contributed by atoms with E-state index in [1.807, 2.05) is 0 Å². The second-order valence-corrected chi connectivity index (χ2v) is 5.29. The van der Waals surface area contributed by atoms with Crippen molar-refractivity contribution >= 4 is 27.8 Å². The number of halogens is 2. The van der Waals surface area contributed by atoms with E-state index in [0.717, 1.165) is 5.56 Å². The van der Waals surface area contributed by atoms with E-state index in [9.17, 15) is 9.18 Å². The van der Waals surface area contributed by atoms with Crippen LogP contribution in [-0.2, 0) is 0 Å². The molecule has 2 aromatic carbocycles. The van der Waals surface area contributed by atoms with Gasteiger partial charge in [-0.2, -0.15) is 0 Å². The van der Waals surface area contributed by atoms with Crippen LogP contribution in [0.3, 0.4) is 0 Å². The lowest BCUT2D eigenvalue weighted by molar-refractivity contribution is 0.104. The summed E-state index contributed by atoms with van der Waals surface area (Å²) in [6.45, 7) is 0.173. The van der Waals surface area contributed by atoms with Crippen molar-refractivity contribution in [3.8, 4) is 11.5 Å². The van der Waals surface area contributed by atoms with Crippen LogP contribution in [0.1, 0.15) is 15.9 Å². The highest BCUT2D eigenvalue weighted by molar-refractivity contribution is 9.10. The molecule has 3 rings (SSSR count). The lowest BCUT2D eigenvalue weighted by atomic mass is 10.1. The maximum Gasteiger partial charge on any atom is 0.231 e. The highest BCUT2D eigenvalue weighted by atomic mass is 79.9. The number of benzene rings is 2. The van der Waals surface area contributed by atoms with Crippen LogP contribution >= 0.6 is 15.9 Å². The van der Waals surface area contributed by atoms with Crippen LogP contribution in [0.2, 0.25) is 0 Å². The number of fused-ring (bicyclic) bond motifs is 1. The normalized spacial score (nSPS) is 12.9. The average Bonchev–Trinajstić information content (AvgIpc) is 2.95. The quantitative estimate of drug-likeness (QED) is 0.615. The molecule has 0 unspecified atom stereocenters. The summed E-state index contributed by atoms with van der Waals surface area (Å²) in [5.74, 6) is 0.708. The summed E-state index contributed by atoms with van der Waals surface area (Å²) in [6.07, 6.45) is 3.08. The van der Waals surface area contributed by atoms with E-state index in [0.29, 0.717) is 21.5 Å². The minimum absolute atomic E-state index is 0.159. The molecular weight excluding hydrogens is 339 g/mol. The smallest absolute Gasteiger partial charge is 0.231 e. The van der Waals surface area contributed by atoms with Crippen LogP contribution in [0.4, 0.5) is 4.39 Å². The first-order chi connectivity index (χ1) is 10.1. The van der Waals surface area contributed by atoms with Crippen LogP contribution in [0.25, 0.3) is 6.08 Å². The molecule has 1 heterocycles. The van der Waals surface area contributed by atoms with Crippen LogP contribution in [0.5, 0.6) is 11.5 Å². The summed E-state index contributed by atoms with van der Waals surface area (Å²) in [6, 6.07) is 9.59. The Hall–Kier alpha value is -2.14. The highest BCUT2D eigenvalue weighted by Gasteiger charge is 2.15. The van der Waals surface area contributed by atoms with Crippen LogP contribution < -0.4 is 9.47 Å². The molecule has 21 heavy (non-hydrogen) atoms. The molecule has 2 aromatic rings. The monoisotopic (exact) mass is 348 g/mol. The van der Waals surface area contributed by atoms with Gasteiger partial charge in [0.15, 0.2) is 17.3 Å². The minimum atomic E-state index is -0.339. The molecule has 0 amide bonds. The molecule has 0 bridgehead atoms. The van der Waals surface area contributed by atoms with Gasteiger partial charge in [-0.15, -0.1) is 0 Å². The molecule has 0 aromatic heterocycles. The molecule has 0 aliphatic carbocycles. The van der Waals surface area contributed by atoms with E-state index >= 15 is 0 Å². The van der Waals surface area contributed by atoms with Gasteiger partial charge in [-0.3, -0.25) is 4.79 Å². The van der Waals surface area contributed by atoms with Crippen LogP contribution in [0.15, 0.2) is 46.9 Å². The second kappa shape index (κ2) is 5.69. The van der Waals surface area contributed by atoms with Crippen molar-refractivity contribution in [2.75, 3.05) is 6.79 Å². The largest absolute Gasteiger partial charge is 0.454 e. The highest BCUT2D eigenvalue weighted by Crippen LogP contribution is 2.32. The Morgan fingerprint density at radius 3 is 2.76 bits per heavy atom. The lowest BCUT2D eigenvalue weighted by Gasteiger charge is -1.99. The number of ether oxygens (including phenoxy) is 2. The molecule has 5 heteroatoms. The molecule has 1 aliphatic rings. The molecular formula is C16H10BrFO3. The molecule has 1 aliphatic heterocycles. The van der Waals surface area contributed by atoms with Crippen molar-refractivity contribution in [3.05, 3.63) is 63.9 Å². The number of hydrogen-bond donors (Lipinski definition) is 0. The fraction of sp³-hybridized carbons (Fsp3) is 0.0625. The maximum atomic E-state index is 13.1. The fourth-order valence-corrected chi connectivity index (χ4v) is 2.33. The van der Waals surface area contributed by atoms with E-state index < -0.39 is 0 Å². The average molecular weight is 349 g/mol. The zero-order valence-corrected chi connectivity index (χ0v) is 12.4. The van der Waals surface area contributed by atoms with E-state index in [2.05, 4.69) is 15.9 Å². The van der Waals surface area contributed by atoms with Crippen LogP contribution in [0, 0.1) is 5.82 Å². The Balaban J connectivity index is 1.79. The third-order valence-corrected chi connectivity index (χ3v) is 3.64. The Kier molecular flexibility index (Phi) is 3.75. The molecule has 0 atom stereocenters. The van der Waals surface area contributed by atoms with E-state index in [1.54, 1.807) is 36.4 Å². The summed E-state index contributed by atoms with van der Waals surface area (Å²) in [7, 11) is 0. The summed E-state index contributed by atoms with van der Waals surface area (Å²) < 4.78 is 23.9. The standard InChI is InChI=1S/C16H10BrFO3/c17-12-7-10(1-4-13(12)18)2-5-14(19)11-3-6-15-16(8-11)21-9-20-15/h1-8H,9H2. The van der Waals surface area contributed by atoms with Gasteiger partial charge in [0.2, 0.25) is 6.79 Å². The molecule has 0 saturated carbocycles. The SMILES string of the molecule is O=C(C=Cc1ccc(F)c(Br)c1)c1ccc2c(c1)OCO2. The molecule has 0 spiro atoms. The second-order valence-electron chi connectivity index (χ2n) is 4.44. The first-order valence-corrected chi connectivity index (χ1v) is 7.00. The lowest BCUT2D eigenvalue weighted by Crippen LogP contribution is -1.94. The summed E-state index contributed by atoms with van der Waals surface area (Å²) >= 11 is 3.11. The zero-order valence-electron chi connectivity index (χ0n) is 10.8. The number of ketones is 1. The molecule has 0 fully saturated rings. The van der Waals surface area contributed by atoms with Gasteiger partial charge >= 0.3 is 0 Å². The van der Waals surface area contributed by atoms with Crippen molar-refractivity contribution in [1.29, 1.82) is 0 Å². The van der Waals surface area contributed by atoms with Crippen molar-refractivity contribution in [3.63, 3.8) is 0 Å². The minimum Gasteiger partial charge on any atom is -0.454 e. The number of allylic oxidation sites excluding steroid dienone is 1. The topological polar surface area (TPSA) is 35.5 Å². The van der Waals surface area contributed by atoms with Gasteiger partial charge in [0.1, 0.15) is 5.82 Å². The van der Waals surface area contributed by atoms with Crippen molar-refractivity contribution < 1.29 is 18.7 Å². The number of carbonyl (C=O) groups is 1. The summed E-state index contributed by atoms with van der Waals surface area (Å²) in [5, 5.41) is 0. The van der Waals surface area contributed by atoms with Gasteiger partial charge < -0.3 is 9.47 Å². The number of hydrogen-bond acceptors (Lipinski definition) is 3. The van der Waals surface area contributed by atoms with Gasteiger partial charge in [-0.1, -0.05) is 12.1 Å². The van der Waals surface area contributed by atoms with E-state index in [-0.39, 0.29) is 18.4 Å². The van der Waals surface area contributed by atoms with Crippen molar-refractivity contribution in [2.24, 2.45) is 0 Å². The Morgan fingerprint density at radius 2 is 1.95 bits per heavy atom. The molecule has 3 nitrogen and oxygen atoms in total. The number of carbonyl (C=O) groups excluding carboxylic acids is 1. The third kappa shape index (κ3) is 2.97. The van der Waals surface area contributed by atoms with Crippen molar-refractivity contribution in [1.82, 2.24) is 0 Å². The predicted octanol–water partition coefficient (Wildman–Crippen LogP) is 4.21. The van der Waals surface area contributed by atoms with E-state index in [4.69, 9.17) is 9.47 Å². The molecule has 0 saturated heterocycles. The summed E-state index contributed by atoms with van der Waals surface area (Å²) in [5.41, 5.74) is 1.24. The fourth-order valence-electron chi connectivity index (χ4n) is 1.93. The zero-order chi connectivity index (χ0) is 14.8. The molecule has 0 N–H and O–H groups in total. The van der Waals surface area contributed by atoms with Crippen molar-refractivity contribution in [2.45, 2.75) is 0 Å².